The van der Waals surface area contributed by atoms with Crippen molar-refractivity contribution in [2.45, 2.75) is 71.4 Å². The number of rotatable bonds is 5. The maximum absolute atomic E-state index is 12.5. The van der Waals surface area contributed by atoms with Crippen molar-refractivity contribution >= 4 is 11.8 Å². The van der Waals surface area contributed by atoms with E-state index in [1.54, 1.807) is 0 Å². The van der Waals surface area contributed by atoms with Crippen LogP contribution in [0, 0.1) is 5.92 Å². The van der Waals surface area contributed by atoms with Crippen molar-refractivity contribution in [2.75, 3.05) is 39.3 Å². The summed E-state index contributed by atoms with van der Waals surface area (Å²) in [6, 6.07) is 0.367. The van der Waals surface area contributed by atoms with E-state index in [0.717, 1.165) is 39.0 Å². The average Bonchev–Trinajstić information content (AvgIpc) is 2.73. The van der Waals surface area contributed by atoms with Gasteiger partial charge in [-0.05, 0) is 39.5 Å². The number of amides is 2. The Morgan fingerprint density at radius 3 is 2.04 bits per heavy atom. The molecule has 4 N–H and O–H groups in total. The smallest absolute Gasteiger partial charge is 0.275 e. The first-order chi connectivity index (χ1) is 12.2. The molecule has 1 heterocycles. The third-order valence-electron chi connectivity index (χ3n) is 5.69. The predicted molar refractivity (Wildman–Crippen MR) is 103 cm³/mol. The van der Waals surface area contributed by atoms with E-state index in [-0.39, 0.29) is 17.4 Å². The van der Waals surface area contributed by atoms with Gasteiger partial charge in [-0.15, -0.1) is 0 Å². The first kappa shape index (κ1) is 21.2. The zero-order valence-electron chi connectivity index (χ0n) is 17.2. The van der Waals surface area contributed by atoms with E-state index in [1.807, 2.05) is 20.8 Å². The van der Waals surface area contributed by atoms with Gasteiger partial charge in [0.1, 0.15) is 13.1 Å². The van der Waals surface area contributed by atoms with Gasteiger partial charge in [0.25, 0.3) is 11.8 Å². The molecule has 26 heavy (non-hydrogen) atoms. The summed E-state index contributed by atoms with van der Waals surface area (Å²) in [7, 11) is 0. The van der Waals surface area contributed by atoms with Gasteiger partial charge >= 0.3 is 0 Å². The highest BCUT2D eigenvalue weighted by atomic mass is 16.2. The minimum Gasteiger partial charge on any atom is -0.348 e. The van der Waals surface area contributed by atoms with Gasteiger partial charge in [0.15, 0.2) is 13.1 Å². The van der Waals surface area contributed by atoms with E-state index in [0.29, 0.717) is 25.0 Å². The fourth-order valence-electron chi connectivity index (χ4n) is 4.25. The molecule has 2 aliphatic rings. The Hall–Kier alpha value is -1.14. The Morgan fingerprint density at radius 2 is 1.46 bits per heavy atom. The van der Waals surface area contributed by atoms with Crippen LogP contribution in [0.15, 0.2) is 0 Å². The van der Waals surface area contributed by atoms with Gasteiger partial charge in [0.2, 0.25) is 0 Å². The van der Waals surface area contributed by atoms with Crippen LogP contribution >= 0.6 is 0 Å². The van der Waals surface area contributed by atoms with Crippen LogP contribution in [0.5, 0.6) is 0 Å². The van der Waals surface area contributed by atoms with Crippen LogP contribution in [0.2, 0.25) is 0 Å². The molecule has 6 heteroatoms. The first-order valence-corrected chi connectivity index (χ1v) is 10.5. The van der Waals surface area contributed by atoms with Crippen molar-refractivity contribution in [2.24, 2.45) is 5.92 Å². The molecule has 1 saturated heterocycles. The maximum atomic E-state index is 12.5. The Kier molecular flexibility index (Phi) is 7.89. The van der Waals surface area contributed by atoms with Crippen molar-refractivity contribution in [1.82, 2.24) is 10.6 Å². The molecule has 0 spiro atoms. The van der Waals surface area contributed by atoms with Crippen LogP contribution in [0.3, 0.4) is 0 Å². The molecule has 4 atom stereocenters. The maximum Gasteiger partial charge on any atom is 0.275 e. The van der Waals surface area contributed by atoms with Crippen molar-refractivity contribution in [3.63, 3.8) is 0 Å². The number of carbonyl (C=O) groups excluding carboxylic acids is 2. The van der Waals surface area contributed by atoms with Crippen molar-refractivity contribution in [3.05, 3.63) is 0 Å². The zero-order chi connectivity index (χ0) is 19.2. The third kappa shape index (κ3) is 7.62. The second-order valence-corrected chi connectivity index (χ2v) is 9.44. The lowest BCUT2D eigenvalue weighted by atomic mass is 9.86. The topological polar surface area (TPSA) is 67.1 Å². The monoisotopic (exact) mass is 368 g/mol. The fourth-order valence-corrected chi connectivity index (χ4v) is 4.25. The van der Waals surface area contributed by atoms with E-state index >= 15 is 0 Å². The fraction of sp³-hybridized carbons (Fsp3) is 0.900. The molecule has 6 nitrogen and oxygen atoms in total. The number of hydrogen-bond acceptors (Lipinski definition) is 2. The summed E-state index contributed by atoms with van der Waals surface area (Å²) in [4.78, 5) is 27.3. The Morgan fingerprint density at radius 1 is 0.885 bits per heavy atom. The molecule has 150 valence electrons. The highest BCUT2D eigenvalue weighted by Gasteiger charge is 2.27. The summed E-state index contributed by atoms with van der Waals surface area (Å²) >= 11 is 0. The highest BCUT2D eigenvalue weighted by molar-refractivity contribution is 5.77. The van der Waals surface area contributed by atoms with Gasteiger partial charge < -0.3 is 20.4 Å². The molecular formula is C20H40N4O2+2. The summed E-state index contributed by atoms with van der Waals surface area (Å²) in [6.07, 6.45) is 5.97. The standard InChI is InChI=1S/C20H38N4O2/c1-16-8-5-6-9-17(16)21-18(25)14-23-10-7-11-24(13-12-23)15-19(26)22-20(2,3)4/h16-17H,5-15H2,1-4H3,(H,21,25)(H,22,26)/p+2/t16-,17-/m1/s1. The normalized spacial score (nSPS) is 30.3. The molecule has 2 unspecified atom stereocenters. The lowest BCUT2D eigenvalue weighted by Crippen LogP contribution is -3.18. The molecule has 1 aliphatic carbocycles. The molecule has 2 amide bonds. The van der Waals surface area contributed by atoms with Crippen LogP contribution < -0.4 is 20.4 Å². The zero-order valence-corrected chi connectivity index (χ0v) is 17.2. The summed E-state index contributed by atoms with van der Waals surface area (Å²) < 4.78 is 0. The molecule has 1 aliphatic heterocycles. The van der Waals surface area contributed by atoms with Crippen molar-refractivity contribution in [1.29, 1.82) is 0 Å². The largest absolute Gasteiger partial charge is 0.348 e. The van der Waals surface area contributed by atoms with E-state index < -0.39 is 0 Å². The van der Waals surface area contributed by atoms with Crippen LogP contribution in [0.25, 0.3) is 0 Å². The van der Waals surface area contributed by atoms with Crippen molar-refractivity contribution < 1.29 is 19.4 Å². The van der Waals surface area contributed by atoms with E-state index in [1.165, 1.54) is 29.1 Å². The van der Waals surface area contributed by atoms with Gasteiger partial charge in [-0.2, -0.15) is 0 Å². The second kappa shape index (κ2) is 9.70. The number of quaternary nitrogens is 2. The summed E-state index contributed by atoms with van der Waals surface area (Å²) in [5.74, 6) is 0.931. The van der Waals surface area contributed by atoms with E-state index in [4.69, 9.17) is 0 Å². The van der Waals surface area contributed by atoms with Gasteiger partial charge in [-0.3, -0.25) is 9.59 Å². The molecule has 1 saturated carbocycles. The Balaban J connectivity index is 1.72. The predicted octanol–water partition coefficient (Wildman–Crippen LogP) is -1.23. The Bertz CT molecular complexity index is 475. The summed E-state index contributed by atoms with van der Waals surface area (Å²) in [6.45, 7) is 13.4. The van der Waals surface area contributed by atoms with E-state index in [9.17, 15) is 9.59 Å². The lowest BCUT2D eigenvalue weighted by molar-refractivity contribution is -0.930. The molecule has 0 aromatic rings. The van der Waals surface area contributed by atoms with E-state index in [2.05, 4.69) is 17.6 Å². The molecular weight excluding hydrogens is 328 g/mol. The molecule has 2 fully saturated rings. The van der Waals surface area contributed by atoms with Crippen molar-refractivity contribution in [3.8, 4) is 0 Å². The number of nitrogens with one attached hydrogen (secondary N) is 4. The molecule has 0 bridgehead atoms. The minimum absolute atomic E-state index is 0.125. The molecule has 0 radical (unpaired) electrons. The van der Waals surface area contributed by atoms with Crippen LogP contribution in [0.4, 0.5) is 0 Å². The third-order valence-corrected chi connectivity index (χ3v) is 5.69. The van der Waals surface area contributed by atoms with Gasteiger partial charge in [0.05, 0.1) is 13.1 Å². The molecule has 0 aromatic heterocycles. The molecule has 0 aromatic carbocycles. The first-order valence-electron chi connectivity index (χ1n) is 10.5. The SMILES string of the molecule is C[C@@H]1CCCC[C@H]1NC(=O)C[NH+]1CCC[NH+](CC(=O)NC(C)(C)C)CC1. The van der Waals surface area contributed by atoms with Gasteiger partial charge in [0, 0.05) is 18.0 Å². The second-order valence-electron chi connectivity index (χ2n) is 9.44. The minimum atomic E-state index is -0.173. The summed E-state index contributed by atoms with van der Waals surface area (Å²) in [5, 5.41) is 6.32. The van der Waals surface area contributed by atoms with Gasteiger partial charge in [-0.25, -0.2) is 0 Å². The number of hydrogen-bond donors (Lipinski definition) is 4. The molecule has 2 rings (SSSR count). The average molecular weight is 369 g/mol. The van der Waals surface area contributed by atoms with Gasteiger partial charge in [-0.1, -0.05) is 19.8 Å². The Labute approximate surface area is 159 Å². The van der Waals surface area contributed by atoms with Crippen LogP contribution in [-0.4, -0.2) is 62.7 Å². The quantitative estimate of drug-likeness (QED) is 0.491. The summed E-state index contributed by atoms with van der Waals surface area (Å²) in [5.41, 5.74) is -0.173. The highest BCUT2D eigenvalue weighted by Crippen LogP contribution is 2.23. The van der Waals surface area contributed by atoms with Crippen LogP contribution in [0.1, 0.15) is 59.8 Å². The number of carbonyl (C=O) groups is 2. The van der Waals surface area contributed by atoms with Crippen LogP contribution in [-0.2, 0) is 9.59 Å². The lowest BCUT2D eigenvalue weighted by Gasteiger charge is -2.29.